The normalized spacial score (nSPS) is 12.2. The topological polar surface area (TPSA) is 57.6 Å². The van der Waals surface area contributed by atoms with Crippen LogP contribution in [0.2, 0.25) is 0 Å². The number of carboxylic acid groups (broad SMARTS) is 1. The molecule has 0 radical (unpaired) electrons. The highest BCUT2D eigenvalue weighted by molar-refractivity contribution is 5.85. The molecule has 1 N–H and O–H groups in total. The highest BCUT2D eigenvalue weighted by Gasteiger charge is 2.29. The van der Waals surface area contributed by atoms with Crippen molar-refractivity contribution >= 4 is 11.9 Å². The summed E-state index contributed by atoms with van der Waals surface area (Å²) < 4.78 is 0. The largest absolute Gasteiger partial charge is 0.480 e. The summed E-state index contributed by atoms with van der Waals surface area (Å²) >= 11 is 0. The average Bonchev–Trinajstić information content (AvgIpc) is 2.46. The van der Waals surface area contributed by atoms with E-state index in [9.17, 15) is 14.7 Å². The summed E-state index contributed by atoms with van der Waals surface area (Å²) in [5.74, 6) is -1.15. The Morgan fingerprint density at radius 2 is 1.70 bits per heavy atom. The lowest BCUT2D eigenvalue weighted by Crippen LogP contribution is -2.46. The highest BCUT2D eigenvalue weighted by atomic mass is 16.4. The van der Waals surface area contributed by atoms with Crippen molar-refractivity contribution in [2.24, 2.45) is 5.92 Å². The molecule has 4 nitrogen and oxygen atoms in total. The van der Waals surface area contributed by atoms with E-state index in [-0.39, 0.29) is 11.8 Å². The molecule has 20 heavy (non-hydrogen) atoms. The maximum atomic E-state index is 12.3. The maximum absolute atomic E-state index is 12.3. The third-order valence-electron chi connectivity index (χ3n) is 3.71. The fourth-order valence-corrected chi connectivity index (χ4v) is 2.31. The second-order valence-electron chi connectivity index (χ2n) is 5.01. The minimum absolute atomic E-state index is 0.0849. The predicted molar refractivity (Wildman–Crippen MR) is 78.4 cm³/mol. The number of carbonyl (C=O) groups is 2. The maximum Gasteiger partial charge on any atom is 0.326 e. The van der Waals surface area contributed by atoms with Gasteiger partial charge in [0.2, 0.25) is 5.91 Å². The van der Waals surface area contributed by atoms with Crippen LogP contribution >= 0.6 is 0 Å². The zero-order valence-electron chi connectivity index (χ0n) is 12.4. The van der Waals surface area contributed by atoms with Crippen LogP contribution in [0.25, 0.3) is 0 Å². The Balaban J connectivity index is 2.85. The minimum Gasteiger partial charge on any atom is -0.480 e. The van der Waals surface area contributed by atoms with Crippen molar-refractivity contribution < 1.29 is 14.7 Å². The van der Waals surface area contributed by atoms with Crippen molar-refractivity contribution in [1.29, 1.82) is 0 Å². The SMILES string of the molecule is CCC(CC)C(=O)N(C)C(Cc1ccccc1)C(=O)O. The first kappa shape index (κ1) is 16.2. The average molecular weight is 277 g/mol. The first-order valence-corrected chi connectivity index (χ1v) is 7.04. The van der Waals surface area contributed by atoms with Gasteiger partial charge in [-0.3, -0.25) is 4.79 Å². The molecule has 0 saturated heterocycles. The summed E-state index contributed by atoms with van der Waals surface area (Å²) in [7, 11) is 1.59. The number of hydrogen-bond donors (Lipinski definition) is 1. The van der Waals surface area contributed by atoms with Crippen LogP contribution in [0, 0.1) is 5.92 Å². The van der Waals surface area contributed by atoms with E-state index in [1.807, 2.05) is 44.2 Å². The highest BCUT2D eigenvalue weighted by Crippen LogP contribution is 2.15. The number of likely N-dealkylation sites (N-methyl/N-ethyl adjacent to an activating group) is 1. The second-order valence-corrected chi connectivity index (χ2v) is 5.01. The van der Waals surface area contributed by atoms with Crippen molar-refractivity contribution in [2.75, 3.05) is 7.05 Å². The number of rotatable bonds is 7. The van der Waals surface area contributed by atoms with E-state index in [0.29, 0.717) is 6.42 Å². The molecule has 1 aromatic rings. The Hall–Kier alpha value is -1.84. The number of benzene rings is 1. The summed E-state index contributed by atoms with van der Waals surface area (Å²) in [6.07, 6.45) is 1.80. The quantitative estimate of drug-likeness (QED) is 0.833. The molecule has 0 fully saturated rings. The number of nitrogens with zero attached hydrogens (tertiary/aromatic N) is 1. The van der Waals surface area contributed by atoms with Gasteiger partial charge in [0.05, 0.1) is 0 Å². The predicted octanol–water partition coefficient (Wildman–Crippen LogP) is 2.58. The van der Waals surface area contributed by atoms with Gasteiger partial charge >= 0.3 is 5.97 Å². The number of hydrogen-bond acceptors (Lipinski definition) is 2. The molecule has 1 rings (SSSR count). The Morgan fingerprint density at radius 3 is 2.15 bits per heavy atom. The van der Waals surface area contributed by atoms with E-state index in [0.717, 1.165) is 18.4 Å². The van der Waals surface area contributed by atoms with E-state index in [1.54, 1.807) is 7.05 Å². The van der Waals surface area contributed by atoms with Gasteiger partial charge in [-0.15, -0.1) is 0 Å². The molecule has 1 amide bonds. The lowest BCUT2D eigenvalue weighted by atomic mass is 9.99. The van der Waals surface area contributed by atoms with Crippen LogP contribution in [-0.4, -0.2) is 35.0 Å². The molecule has 0 bridgehead atoms. The zero-order chi connectivity index (χ0) is 15.1. The Bertz CT molecular complexity index is 440. The van der Waals surface area contributed by atoms with Crippen LogP contribution in [0.1, 0.15) is 32.3 Å². The Kier molecular flexibility index (Phi) is 6.22. The van der Waals surface area contributed by atoms with Crippen LogP contribution in [0.15, 0.2) is 30.3 Å². The van der Waals surface area contributed by atoms with Crippen LogP contribution in [0.4, 0.5) is 0 Å². The fourth-order valence-electron chi connectivity index (χ4n) is 2.31. The van der Waals surface area contributed by atoms with E-state index in [1.165, 1.54) is 4.90 Å². The van der Waals surface area contributed by atoms with Gasteiger partial charge in [0.25, 0.3) is 0 Å². The molecule has 0 aromatic heterocycles. The van der Waals surface area contributed by atoms with Gasteiger partial charge in [-0.05, 0) is 18.4 Å². The van der Waals surface area contributed by atoms with Gasteiger partial charge < -0.3 is 10.0 Å². The molecule has 1 aromatic carbocycles. The molecular formula is C16H23NO3. The fraction of sp³-hybridized carbons (Fsp3) is 0.500. The molecule has 0 aliphatic rings. The van der Waals surface area contributed by atoms with Crippen molar-refractivity contribution in [3.8, 4) is 0 Å². The van der Waals surface area contributed by atoms with Gasteiger partial charge in [-0.1, -0.05) is 44.2 Å². The first-order valence-electron chi connectivity index (χ1n) is 7.04. The molecule has 0 spiro atoms. The van der Waals surface area contributed by atoms with Crippen LogP contribution in [0.5, 0.6) is 0 Å². The van der Waals surface area contributed by atoms with Crippen LogP contribution in [-0.2, 0) is 16.0 Å². The molecule has 1 unspecified atom stereocenters. The monoisotopic (exact) mass is 277 g/mol. The summed E-state index contributed by atoms with van der Waals surface area (Å²) in [5, 5.41) is 9.39. The first-order chi connectivity index (χ1) is 9.51. The molecular weight excluding hydrogens is 254 g/mol. The summed E-state index contributed by atoms with van der Waals surface area (Å²) in [6.45, 7) is 3.90. The van der Waals surface area contributed by atoms with Gasteiger partial charge in [0, 0.05) is 19.4 Å². The summed E-state index contributed by atoms with van der Waals surface area (Å²) in [4.78, 5) is 25.1. The van der Waals surface area contributed by atoms with E-state index >= 15 is 0 Å². The molecule has 110 valence electrons. The van der Waals surface area contributed by atoms with Gasteiger partial charge in [0.15, 0.2) is 0 Å². The van der Waals surface area contributed by atoms with Crippen LogP contribution < -0.4 is 0 Å². The van der Waals surface area contributed by atoms with Gasteiger partial charge in [-0.25, -0.2) is 4.79 Å². The van der Waals surface area contributed by atoms with Crippen molar-refractivity contribution in [1.82, 2.24) is 4.90 Å². The minimum atomic E-state index is -0.962. The number of aliphatic carboxylic acids is 1. The standard InChI is InChI=1S/C16H23NO3/c1-4-13(5-2)15(18)17(3)14(16(19)20)11-12-9-7-6-8-10-12/h6-10,13-14H,4-5,11H2,1-3H3,(H,19,20). The lowest BCUT2D eigenvalue weighted by molar-refractivity contribution is -0.150. The van der Waals surface area contributed by atoms with Gasteiger partial charge in [-0.2, -0.15) is 0 Å². The molecule has 0 heterocycles. The molecule has 0 saturated carbocycles. The van der Waals surface area contributed by atoms with Crippen molar-refractivity contribution in [2.45, 2.75) is 39.2 Å². The van der Waals surface area contributed by atoms with E-state index < -0.39 is 12.0 Å². The second kappa shape index (κ2) is 7.68. The molecule has 1 atom stereocenters. The third kappa shape index (κ3) is 4.08. The van der Waals surface area contributed by atoms with Crippen molar-refractivity contribution in [3.05, 3.63) is 35.9 Å². The Labute approximate surface area is 120 Å². The molecule has 4 heteroatoms. The summed E-state index contributed by atoms with van der Waals surface area (Å²) in [6, 6.07) is 8.58. The zero-order valence-corrected chi connectivity index (χ0v) is 12.4. The third-order valence-corrected chi connectivity index (χ3v) is 3.71. The lowest BCUT2D eigenvalue weighted by Gasteiger charge is -2.28. The van der Waals surface area contributed by atoms with Gasteiger partial charge in [0.1, 0.15) is 6.04 Å². The smallest absolute Gasteiger partial charge is 0.326 e. The van der Waals surface area contributed by atoms with Crippen molar-refractivity contribution in [3.63, 3.8) is 0 Å². The number of amides is 1. The molecule has 0 aliphatic carbocycles. The molecule has 0 aliphatic heterocycles. The van der Waals surface area contributed by atoms with E-state index in [2.05, 4.69) is 0 Å². The van der Waals surface area contributed by atoms with Crippen LogP contribution in [0.3, 0.4) is 0 Å². The number of carbonyl (C=O) groups excluding carboxylic acids is 1. The summed E-state index contributed by atoms with van der Waals surface area (Å²) in [5.41, 5.74) is 0.920. The Morgan fingerprint density at radius 1 is 1.15 bits per heavy atom. The number of carboxylic acids is 1. The van der Waals surface area contributed by atoms with E-state index in [4.69, 9.17) is 0 Å².